The normalized spacial score (nSPS) is 17.7. The molecule has 0 saturated carbocycles. The minimum atomic E-state index is -0.357. The van der Waals surface area contributed by atoms with Crippen molar-refractivity contribution < 1.29 is 19.5 Å². The Kier molecular flexibility index (Phi) is 16.1. The Morgan fingerprint density at radius 1 is 0.767 bits per heavy atom. The van der Waals surface area contributed by atoms with E-state index in [1.807, 2.05) is 0 Å². The van der Waals surface area contributed by atoms with Crippen molar-refractivity contribution in [3.63, 3.8) is 0 Å². The van der Waals surface area contributed by atoms with Gasteiger partial charge in [0.1, 0.15) is 11.4 Å². The van der Waals surface area contributed by atoms with Crippen molar-refractivity contribution in [1.82, 2.24) is 5.48 Å². The van der Waals surface area contributed by atoms with E-state index in [0.29, 0.717) is 19.3 Å². The van der Waals surface area contributed by atoms with Crippen LogP contribution in [0.5, 0.6) is 5.75 Å². The van der Waals surface area contributed by atoms with E-state index >= 15 is 0 Å². The molecule has 0 saturated heterocycles. The van der Waals surface area contributed by atoms with Gasteiger partial charge in [0.05, 0.1) is 0 Å². The molecule has 0 aromatic heterocycles. The van der Waals surface area contributed by atoms with Gasteiger partial charge in [-0.3, -0.25) is 14.8 Å². The fourth-order valence-corrected chi connectivity index (χ4v) is 6.66. The number of rotatable bonds is 20. The smallest absolute Gasteiger partial charge is 0.243 e. The topological polar surface area (TPSA) is 87.7 Å². The number of benzene rings is 1. The molecule has 1 aliphatic rings. The highest BCUT2D eigenvalue weighted by Crippen LogP contribution is 2.44. The van der Waals surface area contributed by atoms with E-state index in [9.17, 15) is 9.59 Å². The maximum atomic E-state index is 12.8. The molecule has 2 amide bonds. The van der Waals surface area contributed by atoms with Gasteiger partial charge in [-0.2, -0.15) is 0 Å². The summed E-state index contributed by atoms with van der Waals surface area (Å²) in [5.74, 6) is 3.17. The molecule has 3 N–H and O–H groups in total. The molecule has 2 rings (SSSR count). The first kappa shape index (κ1) is 37.1. The minimum absolute atomic E-state index is 0.0370. The molecule has 0 spiro atoms. The Bertz CT molecular complexity index is 1020. The van der Waals surface area contributed by atoms with E-state index in [1.54, 1.807) is 5.48 Å². The van der Waals surface area contributed by atoms with Crippen molar-refractivity contribution in [1.29, 1.82) is 0 Å². The van der Waals surface area contributed by atoms with E-state index in [4.69, 9.17) is 9.94 Å². The number of unbranched alkanes of at least 4 members (excludes halogenated alkanes) is 3. The molecule has 1 aromatic rings. The molecule has 3 atom stereocenters. The van der Waals surface area contributed by atoms with Gasteiger partial charge in [0.15, 0.2) is 0 Å². The molecular weight excluding hydrogens is 536 g/mol. The first-order valence-electron chi connectivity index (χ1n) is 17.4. The monoisotopic (exact) mass is 600 g/mol. The number of anilines is 1. The molecule has 0 aliphatic carbocycles. The summed E-state index contributed by atoms with van der Waals surface area (Å²) < 4.78 is 6.79. The van der Waals surface area contributed by atoms with E-state index in [0.717, 1.165) is 84.4 Å². The Morgan fingerprint density at radius 2 is 1.33 bits per heavy atom. The summed E-state index contributed by atoms with van der Waals surface area (Å²) in [4.78, 5) is 23.9. The summed E-state index contributed by atoms with van der Waals surface area (Å²) in [5.41, 5.74) is 7.08. The maximum Gasteiger partial charge on any atom is 0.243 e. The number of carbonyl (C=O) groups is 2. The molecule has 0 radical (unpaired) electrons. The highest BCUT2D eigenvalue weighted by atomic mass is 16.5. The number of hydroxylamine groups is 1. The van der Waals surface area contributed by atoms with Crippen LogP contribution in [0.15, 0.2) is 0 Å². The SMILES string of the molecule is Cc1c(C)c2c(c(C)c1NC(=O)CCCCCCC(=O)NO)CCC(C)(CCCC(C)CCCC(C)CCCC(C)C)O2. The lowest BCUT2D eigenvalue weighted by molar-refractivity contribution is -0.129. The lowest BCUT2D eigenvalue weighted by Crippen LogP contribution is -2.37. The number of fused-ring (bicyclic) bond motifs is 1. The number of nitrogens with one attached hydrogen (secondary N) is 2. The first-order valence-corrected chi connectivity index (χ1v) is 17.4. The number of ether oxygens (including phenoxy) is 1. The predicted molar refractivity (Wildman–Crippen MR) is 179 cm³/mol. The van der Waals surface area contributed by atoms with E-state index in [-0.39, 0.29) is 17.4 Å². The molecule has 3 unspecified atom stereocenters. The Balaban J connectivity index is 1.81. The second-order valence-corrected chi connectivity index (χ2v) is 14.5. The van der Waals surface area contributed by atoms with E-state index < -0.39 is 0 Å². The number of hydrogen-bond acceptors (Lipinski definition) is 4. The number of carbonyl (C=O) groups excluding carboxylic acids is 2. The molecule has 6 heteroatoms. The molecule has 0 bridgehead atoms. The summed E-state index contributed by atoms with van der Waals surface area (Å²) >= 11 is 0. The van der Waals surface area contributed by atoms with Crippen LogP contribution in [0.3, 0.4) is 0 Å². The van der Waals surface area contributed by atoms with E-state index in [2.05, 4.69) is 60.7 Å². The predicted octanol–water partition coefficient (Wildman–Crippen LogP) is 9.92. The van der Waals surface area contributed by atoms with Gasteiger partial charge >= 0.3 is 0 Å². The standard InChI is InChI=1S/C37H64N2O4/c1-26(2)16-13-17-27(3)18-14-19-28(4)20-15-24-37(8)25-23-32-31(7)35(29(5)30(6)36(32)43-37)38-33(40)21-11-9-10-12-22-34(41)39-42/h26-28,42H,9-25H2,1-8H3,(H,38,40)(H,39,41). The fraction of sp³-hybridized carbons (Fsp3) is 0.784. The second kappa shape index (κ2) is 18.7. The average Bonchev–Trinajstić information content (AvgIpc) is 2.95. The van der Waals surface area contributed by atoms with Crippen molar-refractivity contribution >= 4 is 17.5 Å². The maximum absolute atomic E-state index is 12.8. The fourth-order valence-electron chi connectivity index (χ4n) is 6.66. The van der Waals surface area contributed by atoms with Crippen molar-refractivity contribution in [2.24, 2.45) is 17.8 Å². The van der Waals surface area contributed by atoms with Crippen molar-refractivity contribution in [3.05, 3.63) is 22.3 Å². The Morgan fingerprint density at radius 3 is 1.91 bits per heavy atom. The van der Waals surface area contributed by atoms with Gasteiger partial charge in [0.2, 0.25) is 11.8 Å². The highest BCUT2D eigenvalue weighted by Gasteiger charge is 2.34. The first-order chi connectivity index (χ1) is 20.4. The quantitative estimate of drug-likeness (QED) is 0.0789. The molecule has 1 aliphatic heterocycles. The lowest BCUT2D eigenvalue weighted by atomic mass is 9.83. The summed E-state index contributed by atoms with van der Waals surface area (Å²) in [6, 6.07) is 0. The largest absolute Gasteiger partial charge is 0.487 e. The molecule has 246 valence electrons. The summed E-state index contributed by atoms with van der Waals surface area (Å²) in [6.07, 6.45) is 17.8. The van der Waals surface area contributed by atoms with Gasteiger partial charge < -0.3 is 10.1 Å². The molecule has 0 fully saturated rings. The minimum Gasteiger partial charge on any atom is -0.487 e. The molecule has 1 heterocycles. The van der Waals surface area contributed by atoms with Crippen LogP contribution in [0, 0.1) is 38.5 Å². The van der Waals surface area contributed by atoms with Gasteiger partial charge in [0, 0.05) is 18.5 Å². The lowest BCUT2D eigenvalue weighted by Gasteiger charge is -2.38. The van der Waals surface area contributed by atoms with Crippen LogP contribution < -0.4 is 15.5 Å². The summed E-state index contributed by atoms with van der Waals surface area (Å²) in [5, 5.41) is 11.8. The Hall–Kier alpha value is -2.08. The third-order valence-electron chi connectivity index (χ3n) is 9.85. The Labute approximate surface area is 263 Å². The molecule has 6 nitrogen and oxygen atoms in total. The van der Waals surface area contributed by atoms with Crippen LogP contribution in [0.2, 0.25) is 0 Å². The van der Waals surface area contributed by atoms with Crippen LogP contribution in [0.25, 0.3) is 0 Å². The number of amides is 2. The van der Waals surface area contributed by atoms with Crippen LogP contribution in [-0.4, -0.2) is 22.6 Å². The van der Waals surface area contributed by atoms with Gasteiger partial charge in [-0.25, -0.2) is 5.48 Å². The van der Waals surface area contributed by atoms with Crippen LogP contribution in [0.1, 0.15) is 160 Å². The molecule has 1 aromatic carbocycles. The third kappa shape index (κ3) is 12.8. The van der Waals surface area contributed by atoms with Gasteiger partial charge in [0.25, 0.3) is 0 Å². The van der Waals surface area contributed by atoms with Gasteiger partial charge in [-0.05, 0) is 106 Å². The van der Waals surface area contributed by atoms with Gasteiger partial charge in [-0.15, -0.1) is 0 Å². The van der Waals surface area contributed by atoms with Gasteiger partial charge in [-0.1, -0.05) is 85.5 Å². The van der Waals surface area contributed by atoms with Crippen molar-refractivity contribution in [2.75, 3.05) is 5.32 Å². The number of hydrogen-bond donors (Lipinski definition) is 3. The van der Waals surface area contributed by atoms with Crippen LogP contribution in [-0.2, 0) is 16.0 Å². The summed E-state index contributed by atoms with van der Waals surface area (Å²) in [6.45, 7) is 18.1. The second-order valence-electron chi connectivity index (χ2n) is 14.5. The highest BCUT2D eigenvalue weighted by molar-refractivity contribution is 5.93. The van der Waals surface area contributed by atoms with Crippen LogP contribution >= 0.6 is 0 Å². The third-order valence-corrected chi connectivity index (χ3v) is 9.85. The zero-order valence-electron chi connectivity index (χ0n) is 28.9. The summed E-state index contributed by atoms with van der Waals surface area (Å²) in [7, 11) is 0. The molecular formula is C37H64N2O4. The van der Waals surface area contributed by atoms with Crippen LogP contribution in [0.4, 0.5) is 5.69 Å². The van der Waals surface area contributed by atoms with E-state index in [1.165, 1.54) is 56.9 Å². The average molecular weight is 601 g/mol. The van der Waals surface area contributed by atoms with Crippen molar-refractivity contribution in [2.45, 2.75) is 170 Å². The zero-order valence-corrected chi connectivity index (χ0v) is 28.9. The van der Waals surface area contributed by atoms with Crippen molar-refractivity contribution in [3.8, 4) is 5.75 Å². The zero-order chi connectivity index (χ0) is 32.0. The molecule has 43 heavy (non-hydrogen) atoms.